The van der Waals surface area contributed by atoms with Crippen molar-refractivity contribution in [2.45, 2.75) is 68.3 Å². The van der Waals surface area contributed by atoms with Gasteiger partial charge in [0.2, 0.25) is 5.91 Å². The molecule has 2 aliphatic heterocycles. The van der Waals surface area contributed by atoms with E-state index in [2.05, 4.69) is 9.84 Å². The van der Waals surface area contributed by atoms with Crippen LogP contribution in [0.25, 0.3) is 0 Å². The quantitative estimate of drug-likeness (QED) is 0.160. The minimum atomic E-state index is -4.95. The first-order chi connectivity index (χ1) is 13.9. The Bertz CT molecular complexity index is 632. The number of carbonyl (C=O) groups is 1. The van der Waals surface area contributed by atoms with E-state index in [1.54, 1.807) is 0 Å². The molecule has 2 saturated heterocycles. The Morgan fingerprint density at radius 3 is 2.17 bits per heavy atom. The minimum absolute atomic E-state index is 0.639. The molecule has 0 aromatic heterocycles. The molecule has 0 unspecified atom stereocenters. The number of phosphoric ester groups is 1. The molecule has 0 saturated carbocycles. The van der Waals surface area contributed by atoms with Gasteiger partial charge in [0, 0.05) is 6.92 Å². The fraction of sp³-hybridized carbons (Fsp3) is 0.929. The van der Waals surface area contributed by atoms with Crippen molar-refractivity contribution in [3.63, 3.8) is 0 Å². The van der Waals surface area contributed by atoms with Gasteiger partial charge in [0.25, 0.3) is 0 Å². The fourth-order valence-electron chi connectivity index (χ4n) is 3.13. The van der Waals surface area contributed by atoms with Gasteiger partial charge in [0.05, 0.1) is 13.2 Å². The van der Waals surface area contributed by atoms with Crippen molar-refractivity contribution in [3.05, 3.63) is 0 Å². The molecule has 9 N–H and O–H groups in total. The summed E-state index contributed by atoms with van der Waals surface area (Å²) in [7, 11) is -4.95. The van der Waals surface area contributed by atoms with E-state index in [4.69, 9.17) is 24.0 Å². The van der Waals surface area contributed by atoms with Crippen LogP contribution in [0.2, 0.25) is 0 Å². The predicted octanol–water partition coefficient (Wildman–Crippen LogP) is -5.14. The van der Waals surface area contributed by atoms with Crippen LogP contribution in [0.4, 0.5) is 0 Å². The molecule has 15 nitrogen and oxygen atoms in total. The molecule has 16 heteroatoms. The summed E-state index contributed by atoms with van der Waals surface area (Å²) in [4.78, 5) is 29.0. The Balaban J connectivity index is 2.21. The molecular weight excluding hydrogens is 437 g/mol. The Hall–Kier alpha value is -0.780. The number of ether oxygens (including phenoxy) is 3. The molecule has 0 aromatic rings. The molecule has 2 aliphatic rings. The maximum absolute atomic E-state index is 11.4. The van der Waals surface area contributed by atoms with Crippen LogP contribution < -0.4 is 5.32 Å². The van der Waals surface area contributed by atoms with Gasteiger partial charge >= 0.3 is 7.82 Å². The van der Waals surface area contributed by atoms with Crippen LogP contribution in [0.5, 0.6) is 0 Å². The van der Waals surface area contributed by atoms with E-state index in [0.717, 1.165) is 6.92 Å². The molecule has 2 fully saturated rings. The zero-order chi connectivity index (χ0) is 22.8. The van der Waals surface area contributed by atoms with E-state index in [0.29, 0.717) is 0 Å². The highest BCUT2D eigenvalue weighted by Gasteiger charge is 2.51. The summed E-state index contributed by atoms with van der Waals surface area (Å²) in [6.07, 6.45) is -15.2. The van der Waals surface area contributed by atoms with Gasteiger partial charge in [-0.15, -0.1) is 0 Å². The normalized spacial score (nSPS) is 42.7. The number of hydrogen-bond acceptors (Lipinski definition) is 12. The zero-order valence-corrected chi connectivity index (χ0v) is 16.6. The maximum Gasteiger partial charge on any atom is 0.469 e. The first-order valence-corrected chi connectivity index (χ1v) is 10.3. The number of rotatable bonds is 7. The smallest absolute Gasteiger partial charge is 0.394 e. The van der Waals surface area contributed by atoms with Crippen molar-refractivity contribution >= 4 is 13.7 Å². The molecule has 0 aromatic carbocycles. The van der Waals surface area contributed by atoms with Crippen LogP contribution >= 0.6 is 7.82 Å². The molecule has 0 radical (unpaired) electrons. The van der Waals surface area contributed by atoms with E-state index >= 15 is 0 Å². The first-order valence-electron chi connectivity index (χ1n) is 8.80. The average molecular weight is 463 g/mol. The predicted molar refractivity (Wildman–Crippen MR) is 91.1 cm³/mol. The standard InChI is InChI=1S/C14H26NO14P/c1-4(17)15-7-12(9(19)5(2-16)27-13(7)22)29-14-11(21)10(20)8(18)6(28-14)3-26-30(23,24)25/h5-14,16,18-22H,2-3H2,1H3,(H,15,17)(H2,23,24,25)/t5-,6-,7-,8+,9-,10+,11-,12-,13-,14+/m1/s1. The van der Waals surface area contributed by atoms with Gasteiger partial charge in [-0.3, -0.25) is 9.32 Å². The van der Waals surface area contributed by atoms with E-state index in [-0.39, 0.29) is 0 Å². The van der Waals surface area contributed by atoms with Crippen LogP contribution in [0.3, 0.4) is 0 Å². The van der Waals surface area contributed by atoms with Crippen molar-refractivity contribution in [3.8, 4) is 0 Å². The molecule has 2 rings (SSSR count). The lowest BCUT2D eigenvalue weighted by atomic mass is 9.95. The number of hydrogen-bond donors (Lipinski definition) is 9. The van der Waals surface area contributed by atoms with Gasteiger partial charge in [0.1, 0.15) is 48.8 Å². The van der Waals surface area contributed by atoms with Crippen LogP contribution in [0.15, 0.2) is 0 Å². The van der Waals surface area contributed by atoms with Crippen LogP contribution in [0, 0.1) is 0 Å². The highest BCUT2D eigenvalue weighted by Crippen LogP contribution is 2.37. The van der Waals surface area contributed by atoms with E-state index in [9.17, 15) is 40.0 Å². The highest BCUT2D eigenvalue weighted by molar-refractivity contribution is 7.46. The molecule has 0 aliphatic carbocycles. The molecule has 10 atom stereocenters. The van der Waals surface area contributed by atoms with Crippen LogP contribution in [-0.4, -0.2) is 121 Å². The van der Waals surface area contributed by atoms with Gasteiger partial charge < -0.3 is 60.0 Å². The first kappa shape index (κ1) is 25.5. The average Bonchev–Trinajstić information content (AvgIpc) is 2.65. The Kier molecular flexibility index (Phi) is 8.68. The SMILES string of the molecule is CC(=O)N[C@@H]1[C@@H](O[C@@H]2O[C@H](COP(=O)(O)O)[C@H](O)[C@H](O)[C@H]2O)[C@H](O)[C@@H](CO)O[C@H]1O. The Morgan fingerprint density at radius 1 is 1.00 bits per heavy atom. The summed E-state index contributed by atoms with van der Waals surface area (Å²) in [6.45, 7) is -0.517. The lowest BCUT2D eigenvalue weighted by molar-refractivity contribution is -0.341. The van der Waals surface area contributed by atoms with E-state index in [1.807, 2.05) is 0 Å². The number of phosphoric acid groups is 1. The monoisotopic (exact) mass is 463 g/mol. The van der Waals surface area contributed by atoms with Crippen molar-refractivity contribution in [2.75, 3.05) is 13.2 Å². The number of aliphatic hydroxyl groups is 6. The van der Waals surface area contributed by atoms with Gasteiger partial charge in [-0.25, -0.2) is 4.57 Å². The zero-order valence-electron chi connectivity index (χ0n) is 15.7. The third-order valence-electron chi connectivity index (χ3n) is 4.61. The Labute approximate surface area is 170 Å². The maximum atomic E-state index is 11.4. The van der Waals surface area contributed by atoms with Crippen LogP contribution in [-0.2, 0) is 28.1 Å². The summed E-state index contributed by atoms with van der Waals surface area (Å²) in [5.41, 5.74) is 0. The topological polar surface area (TPSA) is 245 Å². The number of amides is 1. The third-order valence-corrected chi connectivity index (χ3v) is 5.09. The number of aliphatic hydroxyl groups excluding tert-OH is 6. The minimum Gasteiger partial charge on any atom is -0.394 e. The summed E-state index contributed by atoms with van der Waals surface area (Å²) in [5, 5.41) is 62.2. The molecule has 2 heterocycles. The summed E-state index contributed by atoms with van der Waals surface area (Å²) >= 11 is 0. The van der Waals surface area contributed by atoms with Crippen molar-refractivity contribution in [2.24, 2.45) is 0 Å². The molecule has 30 heavy (non-hydrogen) atoms. The van der Waals surface area contributed by atoms with Gasteiger partial charge in [-0.1, -0.05) is 0 Å². The number of nitrogens with one attached hydrogen (secondary N) is 1. The highest BCUT2D eigenvalue weighted by atomic mass is 31.2. The molecule has 0 bridgehead atoms. The second-order valence-electron chi connectivity index (χ2n) is 6.87. The lowest BCUT2D eigenvalue weighted by Gasteiger charge is -2.46. The molecule has 1 amide bonds. The Morgan fingerprint density at radius 2 is 1.63 bits per heavy atom. The van der Waals surface area contributed by atoms with Crippen molar-refractivity contribution in [1.82, 2.24) is 5.32 Å². The van der Waals surface area contributed by atoms with Gasteiger partial charge in [-0.05, 0) is 0 Å². The largest absolute Gasteiger partial charge is 0.469 e. The molecular formula is C14H26NO14P. The fourth-order valence-corrected chi connectivity index (χ4v) is 3.47. The van der Waals surface area contributed by atoms with E-state index in [1.165, 1.54) is 0 Å². The summed E-state index contributed by atoms with van der Waals surface area (Å²) in [6, 6.07) is -1.38. The molecule has 176 valence electrons. The summed E-state index contributed by atoms with van der Waals surface area (Å²) in [5.74, 6) is -0.639. The summed E-state index contributed by atoms with van der Waals surface area (Å²) < 4.78 is 30.8. The van der Waals surface area contributed by atoms with Crippen LogP contribution in [0.1, 0.15) is 6.92 Å². The third kappa shape index (κ3) is 6.14. The van der Waals surface area contributed by atoms with E-state index < -0.39 is 88.3 Å². The molecule has 0 spiro atoms. The lowest BCUT2D eigenvalue weighted by Crippen LogP contribution is -2.67. The second-order valence-corrected chi connectivity index (χ2v) is 8.11. The van der Waals surface area contributed by atoms with Crippen molar-refractivity contribution in [1.29, 1.82) is 0 Å². The number of carbonyl (C=O) groups excluding carboxylic acids is 1. The second kappa shape index (κ2) is 10.2. The van der Waals surface area contributed by atoms with Gasteiger partial charge in [0.15, 0.2) is 12.6 Å². The van der Waals surface area contributed by atoms with Gasteiger partial charge in [-0.2, -0.15) is 0 Å². The van der Waals surface area contributed by atoms with Crippen molar-refractivity contribution < 1.29 is 68.5 Å².